The molecule has 0 aliphatic rings. The highest BCUT2D eigenvalue weighted by atomic mass is 15.3. The molecule has 0 amide bonds. The zero-order valence-corrected chi connectivity index (χ0v) is 8.03. The lowest BCUT2D eigenvalue weighted by Gasteiger charge is -1.96. The molecular formula is C9H16N4. The summed E-state index contributed by atoms with van der Waals surface area (Å²) in [6.45, 7) is 5.32. The number of aromatic nitrogens is 3. The summed E-state index contributed by atoms with van der Waals surface area (Å²) in [4.78, 5) is 4.15. The Bertz CT molecular complexity index is 254. The van der Waals surface area contributed by atoms with Gasteiger partial charge in [-0.25, -0.2) is 4.98 Å². The maximum absolute atomic E-state index is 4.28. The minimum absolute atomic E-state index is 0.731. The van der Waals surface area contributed by atoms with Crippen LogP contribution in [0.1, 0.15) is 18.7 Å². The van der Waals surface area contributed by atoms with E-state index >= 15 is 0 Å². The van der Waals surface area contributed by atoms with Gasteiger partial charge in [0.05, 0.1) is 6.54 Å². The number of aryl methyl sites for hydroxylation is 1. The molecule has 0 saturated carbocycles. The molecule has 0 spiro atoms. The monoisotopic (exact) mass is 180 g/mol. The molecule has 1 heterocycles. The molecule has 0 unspecified atom stereocenters. The largest absolute Gasteiger partial charge is 0.313 e. The van der Waals surface area contributed by atoms with Crippen LogP contribution in [-0.4, -0.2) is 21.8 Å². The summed E-state index contributed by atoms with van der Waals surface area (Å²) < 4.78 is 1.87. The van der Waals surface area contributed by atoms with Crippen LogP contribution in [0.15, 0.2) is 19.0 Å². The van der Waals surface area contributed by atoms with E-state index < -0.39 is 0 Å². The van der Waals surface area contributed by atoms with E-state index in [2.05, 4.69) is 22.0 Å². The second kappa shape index (κ2) is 5.48. The van der Waals surface area contributed by atoms with Crippen molar-refractivity contribution >= 4 is 0 Å². The van der Waals surface area contributed by atoms with Crippen LogP contribution in [0.2, 0.25) is 0 Å². The lowest BCUT2D eigenvalue weighted by atomic mass is 10.3. The molecule has 72 valence electrons. The lowest BCUT2D eigenvalue weighted by Crippen LogP contribution is -2.07. The molecule has 0 fully saturated rings. The number of hydrogen-bond donors (Lipinski definition) is 1. The van der Waals surface area contributed by atoms with Crippen LogP contribution in [0.4, 0.5) is 0 Å². The first-order valence-corrected chi connectivity index (χ1v) is 4.50. The summed E-state index contributed by atoms with van der Waals surface area (Å²) in [6, 6.07) is 0. The molecule has 0 aliphatic heterocycles. The quantitative estimate of drug-likeness (QED) is 0.524. The van der Waals surface area contributed by atoms with E-state index in [0.717, 1.165) is 31.8 Å². The summed E-state index contributed by atoms with van der Waals surface area (Å²) in [7, 11) is 1.89. The summed E-state index contributed by atoms with van der Waals surface area (Å²) in [5.74, 6) is 0.848. The summed E-state index contributed by atoms with van der Waals surface area (Å²) in [6.07, 6.45) is 5.80. The number of allylic oxidation sites excluding steroid dienone is 1. The smallest absolute Gasteiger partial charge is 0.164 e. The average molecular weight is 180 g/mol. The molecule has 0 saturated heterocycles. The van der Waals surface area contributed by atoms with Gasteiger partial charge in [-0.1, -0.05) is 6.08 Å². The van der Waals surface area contributed by atoms with Gasteiger partial charge in [-0.2, -0.15) is 5.10 Å². The van der Waals surface area contributed by atoms with E-state index in [1.54, 1.807) is 6.33 Å². The molecule has 0 bridgehead atoms. The number of nitrogens with one attached hydrogen (secondary N) is 1. The fourth-order valence-corrected chi connectivity index (χ4v) is 1.08. The minimum atomic E-state index is 0.731. The molecule has 0 atom stereocenters. The lowest BCUT2D eigenvalue weighted by molar-refractivity contribution is 0.573. The molecule has 0 aromatic carbocycles. The fourth-order valence-electron chi connectivity index (χ4n) is 1.08. The van der Waals surface area contributed by atoms with Crippen molar-refractivity contribution in [2.24, 2.45) is 0 Å². The van der Waals surface area contributed by atoms with Gasteiger partial charge < -0.3 is 5.32 Å². The molecule has 13 heavy (non-hydrogen) atoms. The highest BCUT2D eigenvalue weighted by molar-refractivity contribution is 4.80. The summed E-state index contributed by atoms with van der Waals surface area (Å²) in [5, 5.41) is 7.29. The van der Waals surface area contributed by atoms with Crippen molar-refractivity contribution in [3.63, 3.8) is 0 Å². The SMILES string of the molecule is C=CCCCn1cnc(CNC)n1. The molecule has 0 aliphatic carbocycles. The van der Waals surface area contributed by atoms with Gasteiger partial charge in [0.1, 0.15) is 6.33 Å². The van der Waals surface area contributed by atoms with Gasteiger partial charge in [-0.05, 0) is 19.9 Å². The first-order valence-electron chi connectivity index (χ1n) is 4.50. The van der Waals surface area contributed by atoms with Crippen molar-refractivity contribution in [1.29, 1.82) is 0 Å². The standard InChI is InChI=1S/C9H16N4/c1-3-4-5-6-13-8-11-9(12-13)7-10-2/h3,8,10H,1,4-7H2,2H3. The number of hydrogen-bond acceptors (Lipinski definition) is 3. The Labute approximate surface area is 78.7 Å². The van der Waals surface area contributed by atoms with Crippen LogP contribution < -0.4 is 5.32 Å². The van der Waals surface area contributed by atoms with Crippen molar-refractivity contribution < 1.29 is 0 Å². The van der Waals surface area contributed by atoms with E-state index in [9.17, 15) is 0 Å². The van der Waals surface area contributed by atoms with Crippen molar-refractivity contribution in [3.05, 3.63) is 24.8 Å². The Morgan fingerprint density at radius 1 is 1.69 bits per heavy atom. The molecule has 1 N–H and O–H groups in total. The number of rotatable bonds is 6. The van der Waals surface area contributed by atoms with E-state index in [0.29, 0.717) is 0 Å². The first-order chi connectivity index (χ1) is 6.36. The first kappa shape index (κ1) is 9.92. The Kier molecular flexibility index (Phi) is 4.18. The fraction of sp³-hybridized carbons (Fsp3) is 0.556. The number of unbranched alkanes of at least 4 members (excludes halogenated alkanes) is 1. The van der Waals surface area contributed by atoms with Crippen LogP contribution in [0.5, 0.6) is 0 Å². The zero-order valence-electron chi connectivity index (χ0n) is 8.03. The van der Waals surface area contributed by atoms with Gasteiger partial charge in [0.15, 0.2) is 5.82 Å². The third-order valence-corrected chi connectivity index (χ3v) is 1.71. The van der Waals surface area contributed by atoms with Crippen LogP contribution in [0.3, 0.4) is 0 Å². The van der Waals surface area contributed by atoms with Gasteiger partial charge in [-0.3, -0.25) is 4.68 Å². The molecular weight excluding hydrogens is 164 g/mol. The van der Waals surface area contributed by atoms with Crippen molar-refractivity contribution in [2.45, 2.75) is 25.9 Å². The van der Waals surface area contributed by atoms with Crippen LogP contribution in [-0.2, 0) is 13.1 Å². The third-order valence-electron chi connectivity index (χ3n) is 1.71. The van der Waals surface area contributed by atoms with E-state index in [4.69, 9.17) is 0 Å². The highest BCUT2D eigenvalue weighted by Crippen LogP contribution is 1.95. The van der Waals surface area contributed by atoms with Crippen molar-refractivity contribution in [1.82, 2.24) is 20.1 Å². The maximum atomic E-state index is 4.28. The maximum Gasteiger partial charge on any atom is 0.164 e. The van der Waals surface area contributed by atoms with Crippen LogP contribution >= 0.6 is 0 Å². The Morgan fingerprint density at radius 2 is 2.54 bits per heavy atom. The average Bonchev–Trinajstić information content (AvgIpc) is 2.54. The Morgan fingerprint density at radius 3 is 3.23 bits per heavy atom. The molecule has 1 aromatic heterocycles. The van der Waals surface area contributed by atoms with Crippen LogP contribution in [0.25, 0.3) is 0 Å². The van der Waals surface area contributed by atoms with Gasteiger partial charge in [0, 0.05) is 6.54 Å². The Balaban J connectivity index is 2.35. The molecule has 4 heteroatoms. The minimum Gasteiger partial charge on any atom is -0.313 e. The highest BCUT2D eigenvalue weighted by Gasteiger charge is 1.97. The van der Waals surface area contributed by atoms with E-state index in [1.165, 1.54) is 0 Å². The van der Waals surface area contributed by atoms with Crippen LogP contribution in [0, 0.1) is 0 Å². The van der Waals surface area contributed by atoms with Gasteiger partial charge in [-0.15, -0.1) is 6.58 Å². The van der Waals surface area contributed by atoms with Gasteiger partial charge in [0.2, 0.25) is 0 Å². The van der Waals surface area contributed by atoms with E-state index in [-0.39, 0.29) is 0 Å². The molecule has 1 aromatic rings. The van der Waals surface area contributed by atoms with Gasteiger partial charge in [0.25, 0.3) is 0 Å². The third kappa shape index (κ3) is 3.38. The van der Waals surface area contributed by atoms with E-state index in [1.807, 2.05) is 17.8 Å². The second-order valence-electron chi connectivity index (χ2n) is 2.89. The van der Waals surface area contributed by atoms with Crippen molar-refractivity contribution in [2.75, 3.05) is 7.05 Å². The Hall–Kier alpha value is -1.16. The predicted octanol–water partition coefficient (Wildman–Crippen LogP) is 0.964. The van der Waals surface area contributed by atoms with Crippen molar-refractivity contribution in [3.8, 4) is 0 Å². The van der Waals surface area contributed by atoms with Gasteiger partial charge >= 0.3 is 0 Å². The summed E-state index contributed by atoms with van der Waals surface area (Å²) >= 11 is 0. The normalized spacial score (nSPS) is 10.2. The molecule has 0 radical (unpaired) electrons. The topological polar surface area (TPSA) is 42.7 Å². The predicted molar refractivity (Wildman–Crippen MR) is 52.2 cm³/mol. The summed E-state index contributed by atoms with van der Waals surface area (Å²) in [5.41, 5.74) is 0. The second-order valence-corrected chi connectivity index (χ2v) is 2.89. The molecule has 4 nitrogen and oxygen atoms in total. The zero-order chi connectivity index (χ0) is 9.52. The molecule has 1 rings (SSSR count). The number of nitrogens with zero attached hydrogens (tertiary/aromatic N) is 3.